The molecular formula is C30H32F4N2O2. The van der Waals surface area contributed by atoms with Gasteiger partial charge in [0, 0.05) is 23.7 Å². The molecule has 0 aliphatic carbocycles. The summed E-state index contributed by atoms with van der Waals surface area (Å²) >= 11 is 0. The maximum atomic E-state index is 15.6. The second-order valence-electron chi connectivity index (χ2n) is 10.0. The quantitative estimate of drug-likeness (QED) is 0.349. The molecule has 2 heterocycles. The molecule has 1 N–H and O–H groups in total. The van der Waals surface area contributed by atoms with Crippen LogP contribution in [0.5, 0.6) is 11.5 Å². The van der Waals surface area contributed by atoms with Crippen molar-refractivity contribution < 1.29 is 27.0 Å². The first-order valence-corrected chi connectivity index (χ1v) is 13.1. The summed E-state index contributed by atoms with van der Waals surface area (Å²) in [4.78, 5) is 1.49. The minimum absolute atomic E-state index is 0.116. The Morgan fingerprint density at radius 1 is 0.947 bits per heavy atom. The number of alkyl halides is 2. The topological polar surface area (TPSA) is 33.7 Å². The van der Waals surface area contributed by atoms with E-state index in [1.54, 1.807) is 19.1 Å². The van der Waals surface area contributed by atoms with Gasteiger partial charge in [-0.25, -0.2) is 17.6 Å². The van der Waals surface area contributed by atoms with Crippen LogP contribution < -0.4 is 14.8 Å². The Kier molecular flexibility index (Phi) is 8.19. The maximum Gasteiger partial charge on any atom is 0.251 e. The van der Waals surface area contributed by atoms with Crippen LogP contribution in [0.4, 0.5) is 17.6 Å². The molecule has 0 aromatic heterocycles. The van der Waals surface area contributed by atoms with E-state index in [2.05, 4.69) is 5.32 Å². The highest BCUT2D eigenvalue weighted by Gasteiger charge is 2.38. The molecule has 0 bridgehead atoms. The number of benzene rings is 3. The Balaban J connectivity index is 1.46. The van der Waals surface area contributed by atoms with Crippen molar-refractivity contribution in [2.24, 2.45) is 0 Å². The molecule has 0 radical (unpaired) electrons. The van der Waals surface area contributed by atoms with Crippen LogP contribution in [0.3, 0.4) is 0 Å². The van der Waals surface area contributed by atoms with E-state index in [0.29, 0.717) is 24.3 Å². The van der Waals surface area contributed by atoms with Gasteiger partial charge in [-0.05, 0) is 68.1 Å². The molecule has 202 valence electrons. The van der Waals surface area contributed by atoms with Crippen molar-refractivity contribution in [1.29, 1.82) is 0 Å². The van der Waals surface area contributed by atoms with Crippen LogP contribution >= 0.6 is 0 Å². The monoisotopic (exact) mass is 528 g/mol. The molecule has 0 saturated carbocycles. The van der Waals surface area contributed by atoms with E-state index in [-0.39, 0.29) is 23.5 Å². The van der Waals surface area contributed by atoms with Crippen molar-refractivity contribution in [1.82, 2.24) is 10.2 Å². The number of hydrogen-bond donors (Lipinski definition) is 1. The van der Waals surface area contributed by atoms with E-state index in [0.717, 1.165) is 37.1 Å². The summed E-state index contributed by atoms with van der Waals surface area (Å²) in [5.41, 5.74) is 2.19. The van der Waals surface area contributed by atoms with Gasteiger partial charge in [-0.2, -0.15) is 0 Å². The maximum absolute atomic E-state index is 15.6. The molecule has 0 spiro atoms. The Hall–Kier alpha value is -3.10. The number of halogens is 4. The van der Waals surface area contributed by atoms with Crippen LogP contribution in [0.25, 0.3) is 0 Å². The average Bonchev–Trinajstić information content (AvgIpc) is 2.89. The van der Waals surface area contributed by atoms with Crippen LogP contribution in [0.1, 0.15) is 48.1 Å². The zero-order valence-electron chi connectivity index (χ0n) is 21.3. The van der Waals surface area contributed by atoms with Crippen molar-refractivity contribution in [2.45, 2.75) is 57.4 Å². The first-order chi connectivity index (χ1) is 18.4. The lowest BCUT2D eigenvalue weighted by molar-refractivity contribution is 0.0444. The van der Waals surface area contributed by atoms with Crippen molar-refractivity contribution in [3.05, 3.63) is 94.6 Å². The van der Waals surface area contributed by atoms with Gasteiger partial charge in [-0.1, -0.05) is 36.4 Å². The van der Waals surface area contributed by atoms with E-state index < -0.39 is 30.6 Å². The fourth-order valence-electron chi connectivity index (χ4n) is 5.49. The molecule has 2 aliphatic rings. The van der Waals surface area contributed by atoms with Crippen LogP contribution in [-0.4, -0.2) is 43.1 Å². The molecule has 8 heteroatoms. The van der Waals surface area contributed by atoms with Crippen LogP contribution in [0.2, 0.25) is 0 Å². The lowest BCUT2D eigenvalue weighted by Crippen LogP contribution is -2.45. The Labute approximate surface area is 220 Å². The molecule has 1 unspecified atom stereocenters. The molecule has 0 amide bonds. The summed E-state index contributed by atoms with van der Waals surface area (Å²) in [5, 5.41) is 3.23. The van der Waals surface area contributed by atoms with E-state index in [4.69, 9.17) is 9.47 Å². The highest BCUT2D eigenvalue weighted by molar-refractivity contribution is 5.46. The molecular weight excluding hydrogens is 496 g/mol. The Morgan fingerprint density at radius 2 is 1.66 bits per heavy atom. The molecule has 1 fully saturated rings. The zero-order valence-corrected chi connectivity index (χ0v) is 21.3. The summed E-state index contributed by atoms with van der Waals surface area (Å²) in [5.74, 6) is -0.873. The summed E-state index contributed by atoms with van der Waals surface area (Å²) in [6.45, 7) is 3.15. The smallest absolute Gasteiger partial charge is 0.251 e. The molecule has 2 aliphatic heterocycles. The highest BCUT2D eigenvalue weighted by Crippen LogP contribution is 2.42. The Morgan fingerprint density at radius 3 is 2.34 bits per heavy atom. The van der Waals surface area contributed by atoms with E-state index in [9.17, 15) is 8.78 Å². The van der Waals surface area contributed by atoms with Gasteiger partial charge >= 0.3 is 0 Å². The van der Waals surface area contributed by atoms with Crippen molar-refractivity contribution in [2.75, 3.05) is 19.6 Å². The molecule has 4 nitrogen and oxygen atoms in total. The Bertz CT molecular complexity index is 1210. The number of rotatable bonds is 8. The van der Waals surface area contributed by atoms with Gasteiger partial charge in [0.2, 0.25) is 0 Å². The third kappa shape index (κ3) is 5.97. The number of nitrogens with zero attached hydrogens (tertiary/aromatic N) is 1. The van der Waals surface area contributed by atoms with Gasteiger partial charge in [-0.15, -0.1) is 0 Å². The van der Waals surface area contributed by atoms with E-state index in [1.807, 2.05) is 36.4 Å². The molecule has 3 aromatic rings. The van der Waals surface area contributed by atoms with Crippen LogP contribution in [-0.2, 0) is 13.0 Å². The third-order valence-corrected chi connectivity index (χ3v) is 7.33. The molecule has 3 aromatic carbocycles. The predicted molar refractivity (Wildman–Crippen MR) is 138 cm³/mol. The first-order valence-electron chi connectivity index (χ1n) is 13.1. The fourth-order valence-corrected chi connectivity index (χ4v) is 5.49. The van der Waals surface area contributed by atoms with Gasteiger partial charge in [0.25, 0.3) is 6.43 Å². The number of ether oxygens (including phenoxy) is 2. The van der Waals surface area contributed by atoms with Gasteiger partial charge in [0.1, 0.15) is 35.8 Å². The highest BCUT2D eigenvalue weighted by atomic mass is 19.3. The molecule has 5 rings (SSSR count). The van der Waals surface area contributed by atoms with Crippen LogP contribution in [0.15, 0.2) is 60.7 Å². The second-order valence-corrected chi connectivity index (χ2v) is 10.0. The molecule has 1 saturated heterocycles. The standard InChI is InChI=1S/C30H32F4N2O2/c1-19-13-21-14-23(37-18-20-5-3-2-4-6-20)7-8-25(21)30(36(19)17-28(33)34)29-26(31)15-24(16-27(29)32)38-22-9-11-35-12-10-22/h2-8,14-16,19,22,28,30,35H,9-13,17-18H2,1H3/t19-,30?/m1/s1. The number of nitrogens with one attached hydrogen (secondary N) is 1. The second kappa shape index (κ2) is 11.7. The number of piperidine rings is 1. The van der Waals surface area contributed by atoms with Gasteiger partial charge in [-0.3, -0.25) is 4.90 Å². The van der Waals surface area contributed by atoms with Gasteiger partial charge < -0.3 is 14.8 Å². The normalized spacial score (nSPS) is 20.4. The number of hydrogen-bond acceptors (Lipinski definition) is 4. The minimum atomic E-state index is -2.65. The van der Waals surface area contributed by atoms with Crippen molar-refractivity contribution in [3.8, 4) is 11.5 Å². The lowest BCUT2D eigenvalue weighted by atomic mass is 9.84. The summed E-state index contributed by atoms with van der Waals surface area (Å²) in [7, 11) is 0. The van der Waals surface area contributed by atoms with E-state index >= 15 is 8.78 Å². The fraction of sp³-hybridized carbons (Fsp3) is 0.400. The summed E-state index contributed by atoms with van der Waals surface area (Å²) < 4.78 is 70.3. The van der Waals surface area contributed by atoms with E-state index in [1.165, 1.54) is 17.0 Å². The third-order valence-electron chi connectivity index (χ3n) is 7.33. The molecule has 2 atom stereocenters. The van der Waals surface area contributed by atoms with Gasteiger partial charge in [0.05, 0.1) is 12.6 Å². The minimum Gasteiger partial charge on any atom is -0.490 e. The average molecular weight is 529 g/mol. The van der Waals surface area contributed by atoms with Crippen LogP contribution in [0, 0.1) is 11.6 Å². The van der Waals surface area contributed by atoms with Gasteiger partial charge in [0.15, 0.2) is 0 Å². The van der Waals surface area contributed by atoms with Crippen molar-refractivity contribution in [3.63, 3.8) is 0 Å². The van der Waals surface area contributed by atoms with Crippen molar-refractivity contribution >= 4 is 0 Å². The first kappa shape index (κ1) is 26.5. The summed E-state index contributed by atoms with van der Waals surface area (Å²) in [6, 6.07) is 16.0. The zero-order chi connectivity index (χ0) is 26.6. The predicted octanol–water partition coefficient (Wildman–Crippen LogP) is 6.28. The lowest BCUT2D eigenvalue weighted by Gasteiger charge is -2.42. The number of fused-ring (bicyclic) bond motifs is 1. The molecule has 38 heavy (non-hydrogen) atoms. The SMILES string of the molecule is C[C@@H]1Cc2cc(OCc3ccccc3)ccc2C(c2c(F)cc(OC3CCNCC3)cc2F)N1CC(F)F. The summed E-state index contributed by atoms with van der Waals surface area (Å²) in [6.07, 6.45) is -0.823. The largest absolute Gasteiger partial charge is 0.490 e.